The summed E-state index contributed by atoms with van der Waals surface area (Å²) in [6.07, 6.45) is 3.48. The fourth-order valence-electron chi connectivity index (χ4n) is 2.61. The summed E-state index contributed by atoms with van der Waals surface area (Å²) >= 11 is 12.6. The van der Waals surface area contributed by atoms with Gasteiger partial charge in [0.05, 0.1) is 10.0 Å². The van der Waals surface area contributed by atoms with Gasteiger partial charge in [-0.25, -0.2) is 4.98 Å². The maximum Gasteiger partial charge on any atom is 0.150 e. The van der Waals surface area contributed by atoms with Crippen molar-refractivity contribution in [3.05, 3.63) is 16.1 Å². The van der Waals surface area contributed by atoms with E-state index in [-0.39, 0.29) is 0 Å². The standard InChI is InChI=1S/C15H23Cl2N3/c1-4-7-18-14-12(16)8-13(17)15(19-14)20-9-10(2)5-6-11(20)3/h8,10-11H,4-7,9H2,1-3H3,(H,18,19). The van der Waals surface area contributed by atoms with Gasteiger partial charge in [0.2, 0.25) is 0 Å². The number of hydrogen-bond donors (Lipinski definition) is 1. The highest BCUT2D eigenvalue weighted by atomic mass is 35.5. The first-order chi connectivity index (χ1) is 9.52. The third kappa shape index (κ3) is 3.50. The molecule has 2 unspecified atom stereocenters. The van der Waals surface area contributed by atoms with Crippen LogP contribution in [0.5, 0.6) is 0 Å². The molecule has 0 radical (unpaired) electrons. The van der Waals surface area contributed by atoms with Gasteiger partial charge >= 0.3 is 0 Å². The monoisotopic (exact) mass is 315 g/mol. The minimum absolute atomic E-state index is 0.469. The number of pyridine rings is 1. The summed E-state index contributed by atoms with van der Waals surface area (Å²) in [7, 11) is 0. The van der Waals surface area contributed by atoms with E-state index >= 15 is 0 Å². The quantitative estimate of drug-likeness (QED) is 0.862. The van der Waals surface area contributed by atoms with Gasteiger partial charge < -0.3 is 10.2 Å². The summed E-state index contributed by atoms with van der Waals surface area (Å²) < 4.78 is 0. The van der Waals surface area contributed by atoms with Crippen LogP contribution in [-0.2, 0) is 0 Å². The molecular formula is C15H23Cl2N3. The topological polar surface area (TPSA) is 28.2 Å². The summed E-state index contributed by atoms with van der Waals surface area (Å²) in [6.45, 7) is 8.49. The van der Waals surface area contributed by atoms with Gasteiger partial charge in [0, 0.05) is 19.1 Å². The lowest BCUT2D eigenvalue weighted by Gasteiger charge is -2.38. The summed E-state index contributed by atoms with van der Waals surface area (Å²) in [6, 6.07) is 2.27. The zero-order valence-electron chi connectivity index (χ0n) is 12.4. The Labute approximate surface area is 131 Å². The number of piperidine rings is 1. The molecule has 5 heteroatoms. The van der Waals surface area contributed by atoms with E-state index in [4.69, 9.17) is 23.2 Å². The molecule has 20 heavy (non-hydrogen) atoms. The van der Waals surface area contributed by atoms with Gasteiger partial charge in [-0.3, -0.25) is 0 Å². The smallest absolute Gasteiger partial charge is 0.150 e. The highest BCUT2D eigenvalue weighted by molar-refractivity contribution is 6.37. The van der Waals surface area contributed by atoms with Gasteiger partial charge in [-0.15, -0.1) is 0 Å². The predicted octanol–water partition coefficient (Wildman–Crippen LogP) is 4.84. The van der Waals surface area contributed by atoms with Crippen LogP contribution in [0, 0.1) is 5.92 Å². The highest BCUT2D eigenvalue weighted by Gasteiger charge is 2.26. The van der Waals surface area contributed by atoms with Crippen LogP contribution in [0.3, 0.4) is 0 Å². The Bertz CT molecular complexity index is 465. The molecule has 0 aliphatic carbocycles. The maximum absolute atomic E-state index is 6.37. The fourth-order valence-corrected chi connectivity index (χ4v) is 3.14. The minimum Gasteiger partial charge on any atom is -0.369 e. The van der Waals surface area contributed by atoms with E-state index in [1.807, 2.05) is 0 Å². The van der Waals surface area contributed by atoms with Crippen LogP contribution < -0.4 is 10.2 Å². The number of hydrogen-bond acceptors (Lipinski definition) is 3. The zero-order chi connectivity index (χ0) is 14.7. The molecule has 0 saturated carbocycles. The Balaban J connectivity index is 2.29. The first kappa shape index (κ1) is 15.7. The number of anilines is 2. The average molecular weight is 316 g/mol. The van der Waals surface area contributed by atoms with E-state index in [0.717, 1.165) is 31.1 Å². The van der Waals surface area contributed by atoms with Crippen molar-refractivity contribution < 1.29 is 0 Å². The first-order valence-corrected chi connectivity index (χ1v) is 8.15. The number of nitrogens with zero attached hydrogens (tertiary/aromatic N) is 2. The Hall–Kier alpha value is -0.670. The van der Waals surface area contributed by atoms with Crippen LogP contribution in [0.2, 0.25) is 10.0 Å². The molecule has 1 N–H and O–H groups in total. The van der Waals surface area contributed by atoms with Gasteiger partial charge in [0.25, 0.3) is 0 Å². The van der Waals surface area contributed by atoms with Gasteiger partial charge in [-0.1, -0.05) is 37.0 Å². The first-order valence-electron chi connectivity index (χ1n) is 7.39. The highest BCUT2D eigenvalue weighted by Crippen LogP contribution is 2.35. The summed E-state index contributed by atoms with van der Waals surface area (Å²) in [5.74, 6) is 2.26. The molecule has 1 saturated heterocycles. The summed E-state index contributed by atoms with van der Waals surface area (Å²) in [5, 5.41) is 4.49. The molecule has 1 fully saturated rings. The lowest BCUT2D eigenvalue weighted by molar-refractivity contribution is 0.388. The Morgan fingerprint density at radius 1 is 1.30 bits per heavy atom. The molecule has 2 atom stereocenters. The number of nitrogens with one attached hydrogen (secondary N) is 1. The second-order valence-electron chi connectivity index (χ2n) is 5.73. The Morgan fingerprint density at radius 3 is 2.75 bits per heavy atom. The number of halogens is 2. The lowest BCUT2D eigenvalue weighted by Crippen LogP contribution is -2.41. The van der Waals surface area contributed by atoms with E-state index < -0.39 is 0 Å². The molecule has 3 nitrogen and oxygen atoms in total. The summed E-state index contributed by atoms with van der Waals surface area (Å²) in [4.78, 5) is 6.98. The van der Waals surface area contributed by atoms with Crippen molar-refractivity contribution in [3.8, 4) is 0 Å². The molecule has 2 rings (SSSR count). The van der Waals surface area contributed by atoms with Crippen molar-refractivity contribution in [2.75, 3.05) is 23.3 Å². The molecule has 1 aromatic rings. The zero-order valence-corrected chi connectivity index (χ0v) is 13.9. The maximum atomic E-state index is 6.37. The third-order valence-corrected chi connectivity index (χ3v) is 4.41. The van der Waals surface area contributed by atoms with Crippen molar-refractivity contribution in [2.45, 2.75) is 46.1 Å². The van der Waals surface area contributed by atoms with Crippen molar-refractivity contribution >= 4 is 34.8 Å². The van der Waals surface area contributed by atoms with Crippen molar-refractivity contribution in [1.82, 2.24) is 4.98 Å². The van der Waals surface area contributed by atoms with E-state index in [2.05, 4.69) is 36.0 Å². The Kier molecular flexibility index (Phi) is 5.39. The summed E-state index contributed by atoms with van der Waals surface area (Å²) in [5.41, 5.74) is 0. The second kappa shape index (κ2) is 6.86. The van der Waals surface area contributed by atoms with Gasteiger partial charge in [-0.05, 0) is 38.2 Å². The van der Waals surface area contributed by atoms with E-state index in [9.17, 15) is 0 Å². The van der Waals surface area contributed by atoms with E-state index in [1.54, 1.807) is 6.07 Å². The molecule has 0 bridgehead atoms. The SMILES string of the molecule is CCCNc1nc(N2CC(C)CCC2C)c(Cl)cc1Cl. The molecule has 1 aromatic heterocycles. The molecule has 1 aliphatic heterocycles. The molecule has 0 spiro atoms. The van der Waals surface area contributed by atoms with Crippen LogP contribution in [0.25, 0.3) is 0 Å². The molecule has 0 amide bonds. The van der Waals surface area contributed by atoms with Crippen LogP contribution in [0.4, 0.5) is 11.6 Å². The molecule has 1 aliphatic rings. The second-order valence-corrected chi connectivity index (χ2v) is 6.55. The largest absolute Gasteiger partial charge is 0.369 e. The van der Waals surface area contributed by atoms with Gasteiger partial charge in [0.15, 0.2) is 0 Å². The Morgan fingerprint density at radius 2 is 2.05 bits per heavy atom. The van der Waals surface area contributed by atoms with Crippen molar-refractivity contribution in [3.63, 3.8) is 0 Å². The van der Waals surface area contributed by atoms with E-state index in [0.29, 0.717) is 22.0 Å². The van der Waals surface area contributed by atoms with Crippen molar-refractivity contribution in [2.24, 2.45) is 5.92 Å². The van der Waals surface area contributed by atoms with Gasteiger partial charge in [-0.2, -0.15) is 0 Å². The van der Waals surface area contributed by atoms with Gasteiger partial charge in [0.1, 0.15) is 11.6 Å². The minimum atomic E-state index is 0.469. The normalized spacial score (nSPS) is 22.9. The van der Waals surface area contributed by atoms with Crippen molar-refractivity contribution in [1.29, 1.82) is 0 Å². The number of rotatable bonds is 4. The molecule has 0 aromatic carbocycles. The number of aromatic nitrogens is 1. The van der Waals surface area contributed by atoms with Crippen LogP contribution in [0.15, 0.2) is 6.07 Å². The molecule has 112 valence electrons. The lowest BCUT2D eigenvalue weighted by atomic mass is 9.95. The van der Waals surface area contributed by atoms with E-state index in [1.165, 1.54) is 12.8 Å². The van der Waals surface area contributed by atoms with Crippen LogP contribution in [0.1, 0.15) is 40.0 Å². The molecular weight excluding hydrogens is 293 g/mol. The predicted molar refractivity (Wildman–Crippen MR) is 88.2 cm³/mol. The molecule has 2 heterocycles. The third-order valence-electron chi connectivity index (χ3n) is 3.84. The fraction of sp³-hybridized carbons (Fsp3) is 0.667. The van der Waals surface area contributed by atoms with Crippen LogP contribution >= 0.6 is 23.2 Å². The van der Waals surface area contributed by atoms with Crippen LogP contribution in [-0.4, -0.2) is 24.1 Å². The average Bonchev–Trinajstić information content (AvgIpc) is 2.41.